The van der Waals surface area contributed by atoms with E-state index in [-0.39, 0.29) is 11.8 Å². The van der Waals surface area contributed by atoms with Crippen molar-refractivity contribution in [3.8, 4) is 5.75 Å². The molecule has 0 saturated carbocycles. The first kappa shape index (κ1) is 16.1. The summed E-state index contributed by atoms with van der Waals surface area (Å²) >= 11 is 0. The van der Waals surface area contributed by atoms with Crippen LogP contribution in [-0.2, 0) is 11.3 Å². The normalized spacial score (nSPS) is 20.8. The van der Waals surface area contributed by atoms with Gasteiger partial charge in [-0.3, -0.25) is 9.69 Å². The van der Waals surface area contributed by atoms with Crippen molar-refractivity contribution in [1.29, 1.82) is 0 Å². The van der Waals surface area contributed by atoms with Crippen LogP contribution < -0.4 is 4.74 Å². The van der Waals surface area contributed by atoms with E-state index in [2.05, 4.69) is 16.1 Å². The lowest BCUT2D eigenvalue weighted by atomic mass is 9.90. The fourth-order valence-corrected chi connectivity index (χ4v) is 3.67. The predicted molar refractivity (Wildman–Crippen MR) is 92.3 cm³/mol. The number of carbonyl (C=O) groups is 1. The summed E-state index contributed by atoms with van der Waals surface area (Å²) in [6, 6.07) is 9.97. The van der Waals surface area contributed by atoms with Crippen molar-refractivity contribution in [1.82, 2.24) is 15.0 Å². The fourth-order valence-electron chi connectivity index (χ4n) is 3.67. The number of hydrogen-bond donors (Lipinski definition) is 0. The van der Waals surface area contributed by atoms with Crippen molar-refractivity contribution in [2.24, 2.45) is 0 Å². The van der Waals surface area contributed by atoms with Crippen LogP contribution in [-0.4, -0.2) is 53.6 Å². The molecular weight excluding hydrogens is 318 g/mol. The Morgan fingerprint density at radius 2 is 2.00 bits per heavy atom. The molecule has 1 aromatic heterocycles. The number of nitrogens with zero attached hydrogens (tertiary/aromatic N) is 3. The quantitative estimate of drug-likeness (QED) is 0.854. The van der Waals surface area contributed by atoms with E-state index in [4.69, 9.17) is 9.26 Å². The predicted octanol–water partition coefficient (Wildman–Crippen LogP) is 2.28. The Hall–Kier alpha value is -2.34. The lowest BCUT2D eigenvalue weighted by Gasteiger charge is -2.35. The molecule has 0 unspecified atom stereocenters. The van der Waals surface area contributed by atoms with E-state index in [1.165, 1.54) is 5.56 Å². The molecule has 4 rings (SSSR count). The number of benzene rings is 1. The second kappa shape index (κ2) is 7.27. The number of rotatable bonds is 4. The van der Waals surface area contributed by atoms with Crippen LogP contribution in [0.5, 0.6) is 5.75 Å². The number of hydrogen-bond acceptors (Lipinski definition) is 5. The number of carbonyl (C=O) groups excluding carboxylic acids is 1. The number of ether oxygens (including phenoxy) is 1. The van der Waals surface area contributed by atoms with Gasteiger partial charge in [0.15, 0.2) is 0 Å². The van der Waals surface area contributed by atoms with Gasteiger partial charge in [0, 0.05) is 45.2 Å². The highest BCUT2D eigenvalue weighted by Gasteiger charge is 2.27. The Balaban J connectivity index is 1.31. The van der Waals surface area contributed by atoms with E-state index >= 15 is 0 Å². The second-order valence-corrected chi connectivity index (χ2v) is 6.72. The summed E-state index contributed by atoms with van der Waals surface area (Å²) in [4.78, 5) is 17.0. The van der Waals surface area contributed by atoms with Gasteiger partial charge in [-0.2, -0.15) is 0 Å². The lowest BCUT2D eigenvalue weighted by Crippen LogP contribution is -2.48. The molecule has 0 spiro atoms. The average molecular weight is 341 g/mol. The standard InChI is InChI=1S/C19H23N3O3/c23-19(13-15-5-11-24-18-4-2-1-3-17(15)18)22-9-7-21(8-10-22)14-16-6-12-25-20-16/h1-4,6,12,15H,5,7-11,13-14H2/t15-/m0/s1. The van der Waals surface area contributed by atoms with Crippen LogP contribution >= 0.6 is 0 Å². The molecule has 6 nitrogen and oxygen atoms in total. The average Bonchev–Trinajstić information content (AvgIpc) is 3.16. The number of piperazine rings is 1. The second-order valence-electron chi connectivity index (χ2n) is 6.72. The third-order valence-corrected chi connectivity index (χ3v) is 5.11. The van der Waals surface area contributed by atoms with Crippen molar-refractivity contribution in [2.45, 2.75) is 25.3 Å². The molecule has 2 aromatic rings. The van der Waals surface area contributed by atoms with Gasteiger partial charge >= 0.3 is 0 Å². The molecule has 2 aliphatic heterocycles. The maximum absolute atomic E-state index is 12.7. The Morgan fingerprint density at radius 3 is 2.80 bits per heavy atom. The highest BCUT2D eigenvalue weighted by molar-refractivity contribution is 5.77. The fraction of sp³-hybridized carbons (Fsp3) is 0.474. The van der Waals surface area contributed by atoms with Gasteiger partial charge in [-0.05, 0) is 24.0 Å². The Kier molecular flexibility index (Phi) is 4.70. The van der Waals surface area contributed by atoms with E-state index in [1.807, 2.05) is 29.2 Å². The van der Waals surface area contributed by atoms with Gasteiger partial charge in [0.05, 0.1) is 12.3 Å². The topological polar surface area (TPSA) is 58.8 Å². The minimum absolute atomic E-state index is 0.253. The highest BCUT2D eigenvalue weighted by atomic mass is 16.5. The van der Waals surface area contributed by atoms with E-state index in [0.29, 0.717) is 13.0 Å². The van der Waals surface area contributed by atoms with Crippen molar-refractivity contribution < 1.29 is 14.1 Å². The van der Waals surface area contributed by atoms with Gasteiger partial charge in [-0.25, -0.2) is 0 Å². The van der Waals surface area contributed by atoms with E-state index in [9.17, 15) is 4.79 Å². The van der Waals surface area contributed by atoms with Gasteiger partial charge in [0.25, 0.3) is 0 Å². The van der Waals surface area contributed by atoms with Crippen LogP contribution in [0.1, 0.15) is 30.0 Å². The van der Waals surface area contributed by atoms with Crippen LogP contribution in [0.15, 0.2) is 41.1 Å². The number of amides is 1. The molecule has 132 valence electrons. The number of aromatic nitrogens is 1. The van der Waals surface area contributed by atoms with Gasteiger partial charge in [0.1, 0.15) is 12.0 Å². The summed E-state index contributed by atoms with van der Waals surface area (Å²) in [7, 11) is 0. The van der Waals surface area contributed by atoms with Crippen molar-refractivity contribution >= 4 is 5.91 Å². The molecule has 6 heteroatoms. The molecule has 1 amide bonds. The van der Waals surface area contributed by atoms with Crippen LogP contribution in [0.3, 0.4) is 0 Å². The Bertz CT molecular complexity index is 708. The first-order valence-corrected chi connectivity index (χ1v) is 8.91. The van der Waals surface area contributed by atoms with Crippen LogP contribution in [0.2, 0.25) is 0 Å². The zero-order chi connectivity index (χ0) is 17.1. The lowest BCUT2D eigenvalue weighted by molar-refractivity contribution is -0.133. The van der Waals surface area contributed by atoms with Crippen LogP contribution in [0.25, 0.3) is 0 Å². The van der Waals surface area contributed by atoms with E-state index < -0.39 is 0 Å². The first-order chi connectivity index (χ1) is 12.3. The molecule has 0 radical (unpaired) electrons. The zero-order valence-electron chi connectivity index (χ0n) is 14.3. The molecule has 1 fully saturated rings. The van der Waals surface area contributed by atoms with Gasteiger partial charge < -0.3 is 14.2 Å². The molecule has 2 aliphatic rings. The van der Waals surface area contributed by atoms with Gasteiger partial charge in [-0.1, -0.05) is 23.4 Å². The molecule has 1 atom stereocenters. The number of fused-ring (bicyclic) bond motifs is 1. The summed E-state index contributed by atoms with van der Waals surface area (Å²) in [6.07, 6.45) is 3.08. The molecule has 0 bridgehead atoms. The largest absolute Gasteiger partial charge is 0.493 e. The minimum Gasteiger partial charge on any atom is -0.493 e. The molecule has 25 heavy (non-hydrogen) atoms. The molecule has 1 saturated heterocycles. The van der Waals surface area contributed by atoms with E-state index in [1.54, 1.807) is 6.26 Å². The highest BCUT2D eigenvalue weighted by Crippen LogP contribution is 2.35. The summed E-state index contributed by atoms with van der Waals surface area (Å²) < 4.78 is 10.6. The maximum atomic E-state index is 12.7. The van der Waals surface area contributed by atoms with Crippen molar-refractivity contribution in [2.75, 3.05) is 32.8 Å². The Morgan fingerprint density at radius 1 is 1.16 bits per heavy atom. The molecule has 0 aliphatic carbocycles. The smallest absolute Gasteiger partial charge is 0.223 e. The van der Waals surface area contributed by atoms with Crippen molar-refractivity contribution in [3.63, 3.8) is 0 Å². The monoisotopic (exact) mass is 341 g/mol. The third-order valence-electron chi connectivity index (χ3n) is 5.11. The first-order valence-electron chi connectivity index (χ1n) is 8.91. The molecular formula is C19H23N3O3. The molecule has 0 N–H and O–H groups in total. The van der Waals surface area contributed by atoms with Crippen LogP contribution in [0.4, 0.5) is 0 Å². The maximum Gasteiger partial charge on any atom is 0.223 e. The zero-order valence-corrected chi connectivity index (χ0v) is 14.3. The van der Waals surface area contributed by atoms with Crippen molar-refractivity contribution in [3.05, 3.63) is 47.9 Å². The minimum atomic E-state index is 0.253. The third kappa shape index (κ3) is 3.69. The van der Waals surface area contributed by atoms with E-state index in [0.717, 1.165) is 50.6 Å². The summed E-state index contributed by atoms with van der Waals surface area (Å²) in [5, 5.41) is 3.95. The summed E-state index contributed by atoms with van der Waals surface area (Å²) in [5.74, 6) is 1.46. The SMILES string of the molecule is O=C(C[C@@H]1CCOc2ccccc21)N1CCN(Cc2ccon2)CC1. The molecule has 3 heterocycles. The molecule has 1 aromatic carbocycles. The summed E-state index contributed by atoms with van der Waals surface area (Å²) in [6.45, 7) is 4.79. The van der Waals surface area contributed by atoms with Crippen LogP contribution in [0, 0.1) is 0 Å². The summed E-state index contributed by atoms with van der Waals surface area (Å²) in [5.41, 5.74) is 2.12. The number of para-hydroxylation sites is 1. The Labute approximate surface area is 147 Å². The van der Waals surface area contributed by atoms with Gasteiger partial charge in [-0.15, -0.1) is 0 Å². The van der Waals surface area contributed by atoms with Gasteiger partial charge in [0.2, 0.25) is 5.91 Å².